The van der Waals surface area contributed by atoms with Crippen LogP contribution >= 0.6 is 39.1 Å². The van der Waals surface area contributed by atoms with Crippen LogP contribution in [0.5, 0.6) is 0 Å². The Balaban J connectivity index is 2.14. The molecular formula is C13H9BrCl2FN. The fourth-order valence-electron chi connectivity index (χ4n) is 1.54. The van der Waals surface area contributed by atoms with Crippen LogP contribution in [-0.4, -0.2) is 0 Å². The summed E-state index contributed by atoms with van der Waals surface area (Å²) in [6, 6.07) is 10.1. The van der Waals surface area contributed by atoms with Gasteiger partial charge in [-0.05, 0) is 45.8 Å². The van der Waals surface area contributed by atoms with Crippen molar-refractivity contribution in [2.75, 3.05) is 5.32 Å². The van der Waals surface area contributed by atoms with Crippen LogP contribution in [0.2, 0.25) is 10.0 Å². The SMILES string of the molecule is Fc1cccc(CNc2cc(Cl)cc(Cl)c2)c1Br. The maximum absolute atomic E-state index is 13.3. The maximum Gasteiger partial charge on any atom is 0.137 e. The van der Waals surface area contributed by atoms with E-state index in [0.717, 1.165) is 11.3 Å². The Morgan fingerprint density at radius 3 is 2.44 bits per heavy atom. The Hall–Kier alpha value is -0.770. The van der Waals surface area contributed by atoms with E-state index in [0.29, 0.717) is 21.1 Å². The van der Waals surface area contributed by atoms with Crippen LogP contribution in [-0.2, 0) is 6.54 Å². The van der Waals surface area contributed by atoms with Crippen molar-refractivity contribution >= 4 is 44.8 Å². The van der Waals surface area contributed by atoms with Crippen molar-refractivity contribution in [1.29, 1.82) is 0 Å². The minimum Gasteiger partial charge on any atom is -0.381 e. The van der Waals surface area contributed by atoms with Gasteiger partial charge < -0.3 is 5.32 Å². The molecule has 18 heavy (non-hydrogen) atoms. The number of benzene rings is 2. The molecule has 0 aliphatic carbocycles. The minimum atomic E-state index is -0.279. The van der Waals surface area contributed by atoms with Gasteiger partial charge in [0.25, 0.3) is 0 Å². The van der Waals surface area contributed by atoms with Crippen LogP contribution in [0.1, 0.15) is 5.56 Å². The first-order valence-corrected chi connectivity index (χ1v) is 6.74. The molecule has 0 fully saturated rings. The molecule has 0 saturated heterocycles. The van der Waals surface area contributed by atoms with Crippen molar-refractivity contribution in [2.45, 2.75) is 6.54 Å². The summed E-state index contributed by atoms with van der Waals surface area (Å²) in [6.07, 6.45) is 0. The first kappa shape index (κ1) is 13.7. The molecule has 0 bridgehead atoms. The third-order valence-electron chi connectivity index (χ3n) is 2.38. The normalized spacial score (nSPS) is 10.4. The summed E-state index contributed by atoms with van der Waals surface area (Å²) in [7, 11) is 0. The third-order valence-corrected chi connectivity index (χ3v) is 3.70. The highest BCUT2D eigenvalue weighted by Gasteiger charge is 2.05. The number of hydrogen-bond acceptors (Lipinski definition) is 1. The summed E-state index contributed by atoms with van der Waals surface area (Å²) in [4.78, 5) is 0. The predicted molar refractivity (Wildman–Crippen MR) is 77.9 cm³/mol. The summed E-state index contributed by atoms with van der Waals surface area (Å²) in [5, 5.41) is 4.26. The van der Waals surface area contributed by atoms with Crippen molar-refractivity contribution in [3.63, 3.8) is 0 Å². The molecule has 1 N–H and O–H groups in total. The largest absolute Gasteiger partial charge is 0.381 e. The van der Waals surface area contributed by atoms with Crippen LogP contribution in [0.25, 0.3) is 0 Å². The maximum atomic E-state index is 13.3. The van der Waals surface area contributed by atoms with E-state index < -0.39 is 0 Å². The summed E-state index contributed by atoms with van der Waals surface area (Å²) in [5.41, 5.74) is 1.62. The second-order valence-corrected chi connectivity index (χ2v) is 5.39. The van der Waals surface area contributed by atoms with Crippen LogP contribution in [0.3, 0.4) is 0 Å². The summed E-state index contributed by atoms with van der Waals surface area (Å²) >= 11 is 15.0. The molecule has 94 valence electrons. The molecule has 0 aromatic heterocycles. The number of rotatable bonds is 3. The average molecular weight is 349 g/mol. The van der Waals surface area contributed by atoms with Crippen molar-refractivity contribution in [3.05, 3.63) is 62.3 Å². The highest BCUT2D eigenvalue weighted by Crippen LogP contribution is 2.25. The third kappa shape index (κ3) is 3.37. The molecule has 0 spiro atoms. The van der Waals surface area contributed by atoms with Gasteiger partial charge in [0.1, 0.15) is 5.82 Å². The minimum absolute atomic E-state index is 0.279. The number of anilines is 1. The van der Waals surface area contributed by atoms with Gasteiger partial charge in [-0.2, -0.15) is 0 Å². The zero-order valence-corrected chi connectivity index (χ0v) is 12.3. The van der Waals surface area contributed by atoms with Crippen molar-refractivity contribution < 1.29 is 4.39 Å². The molecule has 0 atom stereocenters. The van der Waals surface area contributed by atoms with Gasteiger partial charge >= 0.3 is 0 Å². The fourth-order valence-corrected chi connectivity index (χ4v) is 2.47. The topological polar surface area (TPSA) is 12.0 Å². The highest BCUT2D eigenvalue weighted by molar-refractivity contribution is 9.10. The quantitative estimate of drug-likeness (QED) is 0.771. The molecule has 0 aliphatic heterocycles. The van der Waals surface area contributed by atoms with Gasteiger partial charge in [-0.15, -0.1) is 0 Å². The number of nitrogens with one attached hydrogen (secondary N) is 1. The highest BCUT2D eigenvalue weighted by atomic mass is 79.9. The number of halogens is 4. The van der Waals surface area contributed by atoms with Crippen molar-refractivity contribution in [1.82, 2.24) is 0 Å². The molecule has 0 unspecified atom stereocenters. The van der Waals surface area contributed by atoms with Gasteiger partial charge in [0.2, 0.25) is 0 Å². The lowest BCUT2D eigenvalue weighted by Gasteiger charge is -2.09. The molecule has 0 heterocycles. The van der Waals surface area contributed by atoms with Gasteiger partial charge in [0.05, 0.1) is 4.47 Å². The molecule has 0 aliphatic rings. The van der Waals surface area contributed by atoms with Crippen LogP contribution in [0.15, 0.2) is 40.9 Å². The lowest BCUT2D eigenvalue weighted by Crippen LogP contribution is -2.01. The van der Waals surface area contributed by atoms with Crippen molar-refractivity contribution in [3.8, 4) is 0 Å². The van der Waals surface area contributed by atoms with Gasteiger partial charge in [0.15, 0.2) is 0 Å². The molecule has 0 amide bonds. The van der Waals surface area contributed by atoms with Crippen LogP contribution in [0.4, 0.5) is 10.1 Å². The molecule has 2 rings (SSSR count). The zero-order valence-electron chi connectivity index (χ0n) is 9.18. The van der Waals surface area contributed by atoms with Gasteiger partial charge in [-0.1, -0.05) is 35.3 Å². The molecule has 0 saturated carbocycles. The molecule has 2 aromatic rings. The Morgan fingerprint density at radius 2 is 1.78 bits per heavy atom. The Kier molecular flexibility index (Phi) is 4.49. The Labute approximate surface area is 123 Å². The molecular weight excluding hydrogens is 340 g/mol. The van der Waals surface area contributed by atoms with E-state index in [1.807, 2.05) is 6.07 Å². The van der Waals surface area contributed by atoms with Gasteiger partial charge in [-0.25, -0.2) is 4.39 Å². The smallest absolute Gasteiger partial charge is 0.137 e. The molecule has 0 radical (unpaired) electrons. The molecule has 1 nitrogen and oxygen atoms in total. The summed E-state index contributed by atoms with van der Waals surface area (Å²) in [6.45, 7) is 0.481. The second-order valence-electron chi connectivity index (χ2n) is 3.72. The Morgan fingerprint density at radius 1 is 1.11 bits per heavy atom. The van der Waals surface area contributed by atoms with Crippen LogP contribution < -0.4 is 5.32 Å². The Bertz CT molecular complexity index is 555. The van der Waals surface area contributed by atoms with E-state index in [1.54, 1.807) is 24.3 Å². The average Bonchev–Trinajstić information content (AvgIpc) is 2.30. The van der Waals surface area contributed by atoms with Gasteiger partial charge in [-0.3, -0.25) is 0 Å². The van der Waals surface area contributed by atoms with E-state index in [9.17, 15) is 4.39 Å². The monoisotopic (exact) mass is 347 g/mol. The molecule has 2 aromatic carbocycles. The molecule has 5 heteroatoms. The lowest BCUT2D eigenvalue weighted by atomic mass is 10.2. The number of hydrogen-bond donors (Lipinski definition) is 1. The summed E-state index contributed by atoms with van der Waals surface area (Å²) in [5.74, 6) is -0.279. The van der Waals surface area contributed by atoms with E-state index >= 15 is 0 Å². The standard InChI is InChI=1S/C13H9BrCl2FN/c14-13-8(2-1-3-12(13)17)7-18-11-5-9(15)4-10(16)6-11/h1-6,18H,7H2. The zero-order chi connectivity index (χ0) is 13.1. The van der Waals surface area contributed by atoms with E-state index in [4.69, 9.17) is 23.2 Å². The first-order valence-electron chi connectivity index (χ1n) is 5.19. The van der Waals surface area contributed by atoms with E-state index in [2.05, 4.69) is 21.2 Å². The van der Waals surface area contributed by atoms with Crippen molar-refractivity contribution in [2.24, 2.45) is 0 Å². The van der Waals surface area contributed by atoms with Gasteiger partial charge in [0, 0.05) is 22.3 Å². The predicted octanol–water partition coefficient (Wildman–Crippen LogP) is 5.51. The van der Waals surface area contributed by atoms with Crippen LogP contribution in [0, 0.1) is 5.82 Å². The fraction of sp³-hybridized carbons (Fsp3) is 0.0769. The first-order chi connectivity index (χ1) is 8.56. The van der Waals surface area contributed by atoms with E-state index in [1.165, 1.54) is 6.07 Å². The second kappa shape index (κ2) is 5.91. The summed E-state index contributed by atoms with van der Waals surface area (Å²) < 4.78 is 13.8. The lowest BCUT2D eigenvalue weighted by molar-refractivity contribution is 0.618. The van der Waals surface area contributed by atoms with E-state index in [-0.39, 0.29) is 5.82 Å².